The fourth-order valence-electron chi connectivity index (χ4n) is 2.32. The van der Waals surface area contributed by atoms with Crippen LogP contribution >= 0.6 is 11.3 Å². The second-order valence-electron chi connectivity index (χ2n) is 5.13. The van der Waals surface area contributed by atoms with Gasteiger partial charge in [0.05, 0.1) is 0 Å². The van der Waals surface area contributed by atoms with Gasteiger partial charge in [-0.1, -0.05) is 25.2 Å². The zero-order chi connectivity index (χ0) is 14.5. The summed E-state index contributed by atoms with van der Waals surface area (Å²) in [5.41, 5.74) is 0. The van der Waals surface area contributed by atoms with Crippen molar-refractivity contribution in [2.75, 3.05) is 38.5 Å². The van der Waals surface area contributed by atoms with E-state index in [0.717, 1.165) is 44.2 Å². The van der Waals surface area contributed by atoms with Crippen LogP contribution in [-0.4, -0.2) is 65.2 Å². The van der Waals surface area contributed by atoms with Crippen LogP contribution in [0.2, 0.25) is 0 Å². The maximum absolute atomic E-state index is 12.4. The first-order valence-electron chi connectivity index (χ1n) is 7.22. The Labute approximate surface area is 124 Å². The quantitative estimate of drug-likeness (QED) is 0.893. The molecule has 1 N–H and O–H groups in total. The minimum Gasteiger partial charge on any atom is -0.360 e. The van der Waals surface area contributed by atoms with Crippen LogP contribution < -0.4 is 5.32 Å². The lowest BCUT2D eigenvalue weighted by molar-refractivity contribution is 0.0541. The summed E-state index contributed by atoms with van der Waals surface area (Å²) in [7, 11) is 2.12. The average Bonchev–Trinajstić information content (AvgIpc) is 2.93. The maximum Gasteiger partial charge on any atom is 0.285 e. The predicted octanol–water partition coefficient (Wildman–Crippen LogP) is 1.53. The van der Waals surface area contributed by atoms with Crippen molar-refractivity contribution in [2.24, 2.45) is 0 Å². The van der Waals surface area contributed by atoms with Crippen LogP contribution in [-0.2, 0) is 0 Å². The lowest BCUT2D eigenvalue weighted by atomic mass is 10.1. The molecule has 1 fully saturated rings. The standard InChI is InChI=1S/C13H23N5OS/c1-4-6-14-13-16-15-11(20-13)12(19)18-8-7-17(3)10(5-2)9-18/h10H,4-9H2,1-3H3,(H,14,16). The molecule has 20 heavy (non-hydrogen) atoms. The highest BCUT2D eigenvalue weighted by atomic mass is 32.1. The van der Waals surface area contributed by atoms with Crippen molar-refractivity contribution in [1.29, 1.82) is 0 Å². The van der Waals surface area contributed by atoms with Crippen molar-refractivity contribution in [1.82, 2.24) is 20.0 Å². The maximum atomic E-state index is 12.4. The summed E-state index contributed by atoms with van der Waals surface area (Å²) in [5, 5.41) is 12.4. The first-order valence-corrected chi connectivity index (χ1v) is 8.04. The number of hydrogen-bond acceptors (Lipinski definition) is 6. The molecule has 1 amide bonds. The minimum atomic E-state index is 0.0126. The second-order valence-corrected chi connectivity index (χ2v) is 6.11. The topological polar surface area (TPSA) is 61.4 Å². The molecule has 1 atom stereocenters. The zero-order valence-corrected chi connectivity index (χ0v) is 13.2. The Kier molecular flexibility index (Phi) is 5.31. The number of amides is 1. The third-order valence-electron chi connectivity index (χ3n) is 3.67. The van der Waals surface area contributed by atoms with E-state index in [4.69, 9.17) is 0 Å². The number of hydrogen-bond donors (Lipinski definition) is 1. The summed E-state index contributed by atoms with van der Waals surface area (Å²) in [5.74, 6) is 0.0126. The number of nitrogens with zero attached hydrogens (tertiary/aromatic N) is 4. The van der Waals surface area contributed by atoms with E-state index in [1.165, 1.54) is 11.3 Å². The van der Waals surface area contributed by atoms with Gasteiger partial charge in [0.15, 0.2) is 0 Å². The molecule has 0 saturated carbocycles. The summed E-state index contributed by atoms with van der Waals surface area (Å²) in [6, 6.07) is 0.443. The largest absolute Gasteiger partial charge is 0.360 e. The van der Waals surface area contributed by atoms with Gasteiger partial charge >= 0.3 is 0 Å². The number of carbonyl (C=O) groups excluding carboxylic acids is 1. The van der Waals surface area contributed by atoms with Gasteiger partial charge in [0, 0.05) is 32.2 Å². The Bertz CT molecular complexity index is 450. The molecular weight excluding hydrogens is 274 g/mol. The summed E-state index contributed by atoms with van der Waals surface area (Å²) in [4.78, 5) is 16.7. The molecule has 0 aromatic carbocycles. The number of anilines is 1. The second kappa shape index (κ2) is 6.99. The molecule has 1 saturated heterocycles. The molecule has 2 rings (SSSR count). The number of aromatic nitrogens is 2. The number of rotatable bonds is 5. The molecule has 112 valence electrons. The Morgan fingerprint density at radius 2 is 2.20 bits per heavy atom. The van der Waals surface area contributed by atoms with E-state index in [2.05, 4.69) is 41.3 Å². The number of likely N-dealkylation sites (N-methyl/N-ethyl adjacent to an activating group) is 1. The molecule has 6 nitrogen and oxygen atoms in total. The van der Waals surface area contributed by atoms with E-state index >= 15 is 0 Å². The zero-order valence-electron chi connectivity index (χ0n) is 12.4. The lowest BCUT2D eigenvalue weighted by Gasteiger charge is -2.38. The first kappa shape index (κ1) is 15.2. The van der Waals surface area contributed by atoms with Gasteiger partial charge in [-0.3, -0.25) is 9.69 Å². The van der Waals surface area contributed by atoms with Crippen LogP contribution in [0.5, 0.6) is 0 Å². The van der Waals surface area contributed by atoms with Crippen LogP contribution in [0.25, 0.3) is 0 Å². The predicted molar refractivity (Wildman–Crippen MR) is 81.3 cm³/mol. The number of nitrogens with one attached hydrogen (secondary N) is 1. The molecule has 7 heteroatoms. The third-order valence-corrected chi connectivity index (χ3v) is 4.54. The van der Waals surface area contributed by atoms with Gasteiger partial charge in [0.25, 0.3) is 5.91 Å². The fourth-order valence-corrected chi connectivity index (χ4v) is 3.06. The van der Waals surface area contributed by atoms with Gasteiger partial charge in [-0.2, -0.15) is 0 Å². The summed E-state index contributed by atoms with van der Waals surface area (Å²) in [6.07, 6.45) is 2.08. The molecule has 0 bridgehead atoms. The van der Waals surface area contributed by atoms with Crippen LogP contribution in [0.4, 0.5) is 5.13 Å². The van der Waals surface area contributed by atoms with Gasteiger partial charge < -0.3 is 10.2 Å². The van der Waals surface area contributed by atoms with Crippen molar-refractivity contribution < 1.29 is 4.79 Å². The molecule has 2 heterocycles. The molecular formula is C13H23N5OS. The van der Waals surface area contributed by atoms with E-state index in [-0.39, 0.29) is 5.91 Å². The fraction of sp³-hybridized carbons (Fsp3) is 0.769. The number of carbonyl (C=O) groups is 1. The highest BCUT2D eigenvalue weighted by Crippen LogP contribution is 2.19. The van der Waals surface area contributed by atoms with Gasteiger partial charge in [-0.05, 0) is 19.9 Å². The molecule has 0 radical (unpaired) electrons. The Hall–Kier alpha value is -1.21. The first-order chi connectivity index (χ1) is 9.65. The molecule has 1 aromatic heterocycles. The highest BCUT2D eigenvalue weighted by Gasteiger charge is 2.28. The van der Waals surface area contributed by atoms with E-state index < -0.39 is 0 Å². The Balaban J connectivity index is 1.98. The van der Waals surface area contributed by atoms with Crippen molar-refractivity contribution in [3.05, 3.63) is 5.01 Å². The van der Waals surface area contributed by atoms with Crippen LogP contribution in [0.1, 0.15) is 36.5 Å². The normalized spacial score (nSPS) is 20.1. The van der Waals surface area contributed by atoms with E-state index in [9.17, 15) is 4.79 Å². The Morgan fingerprint density at radius 1 is 1.40 bits per heavy atom. The van der Waals surface area contributed by atoms with Crippen LogP contribution in [0.15, 0.2) is 0 Å². The summed E-state index contributed by atoms with van der Waals surface area (Å²) in [6.45, 7) is 7.58. The SMILES string of the molecule is CCCNc1nnc(C(=O)N2CCN(C)C(CC)C2)s1. The van der Waals surface area contributed by atoms with Gasteiger partial charge in [0.1, 0.15) is 0 Å². The van der Waals surface area contributed by atoms with E-state index in [1.54, 1.807) is 0 Å². The summed E-state index contributed by atoms with van der Waals surface area (Å²) >= 11 is 1.35. The van der Waals surface area contributed by atoms with E-state index in [1.807, 2.05) is 4.90 Å². The average molecular weight is 297 g/mol. The van der Waals surface area contributed by atoms with Gasteiger partial charge in [0.2, 0.25) is 10.1 Å². The molecule has 1 aromatic rings. The lowest BCUT2D eigenvalue weighted by Crippen LogP contribution is -2.52. The molecule has 0 aliphatic carbocycles. The van der Waals surface area contributed by atoms with Gasteiger partial charge in [-0.15, -0.1) is 10.2 Å². The van der Waals surface area contributed by atoms with Crippen molar-refractivity contribution in [2.45, 2.75) is 32.7 Å². The number of piperazine rings is 1. The van der Waals surface area contributed by atoms with Crippen molar-refractivity contribution >= 4 is 22.4 Å². The van der Waals surface area contributed by atoms with Crippen LogP contribution in [0.3, 0.4) is 0 Å². The molecule has 1 unspecified atom stereocenters. The highest BCUT2D eigenvalue weighted by molar-refractivity contribution is 7.17. The monoisotopic (exact) mass is 297 g/mol. The van der Waals surface area contributed by atoms with E-state index in [0.29, 0.717) is 11.0 Å². The molecule has 1 aliphatic heterocycles. The minimum absolute atomic E-state index is 0.0126. The van der Waals surface area contributed by atoms with Crippen molar-refractivity contribution in [3.8, 4) is 0 Å². The van der Waals surface area contributed by atoms with Crippen LogP contribution in [0, 0.1) is 0 Å². The smallest absolute Gasteiger partial charge is 0.285 e. The molecule has 0 spiro atoms. The summed E-state index contributed by atoms with van der Waals surface area (Å²) < 4.78 is 0. The van der Waals surface area contributed by atoms with Gasteiger partial charge in [-0.25, -0.2) is 0 Å². The Morgan fingerprint density at radius 3 is 2.90 bits per heavy atom. The van der Waals surface area contributed by atoms with Crippen molar-refractivity contribution in [3.63, 3.8) is 0 Å². The third kappa shape index (κ3) is 3.46. The molecule has 1 aliphatic rings.